The fourth-order valence-electron chi connectivity index (χ4n) is 1.54. The number of rotatable bonds is 0. The molecule has 2 N–H and O–H groups in total. The summed E-state index contributed by atoms with van der Waals surface area (Å²) in [6.45, 7) is 1.94. The van der Waals surface area contributed by atoms with Crippen LogP contribution in [0.2, 0.25) is 0 Å². The maximum absolute atomic E-state index is 9.39. The van der Waals surface area contributed by atoms with Gasteiger partial charge >= 0.3 is 0 Å². The molecule has 2 rings (SSSR count). The highest BCUT2D eigenvalue weighted by Gasteiger charge is 2.53. The Kier molecular flexibility index (Phi) is 0.746. The molecule has 1 saturated carbocycles. The lowest BCUT2D eigenvalue weighted by Crippen LogP contribution is -2.35. The Morgan fingerprint density at radius 3 is 3.00 bits per heavy atom. The van der Waals surface area contributed by atoms with Crippen LogP contribution in [-0.2, 0) is 0 Å². The average Bonchev–Trinajstić information content (AvgIpc) is 2.39. The minimum Gasteiger partial charge on any atom is -0.388 e. The summed E-state index contributed by atoms with van der Waals surface area (Å²) >= 11 is 0. The van der Waals surface area contributed by atoms with Crippen molar-refractivity contribution >= 4 is 0 Å². The van der Waals surface area contributed by atoms with Gasteiger partial charge in [0.1, 0.15) is 0 Å². The van der Waals surface area contributed by atoms with Crippen LogP contribution in [0.15, 0.2) is 0 Å². The third-order valence-electron chi connectivity index (χ3n) is 2.30. The maximum atomic E-state index is 9.39. The Bertz CT molecular complexity index is 113. The van der Waals surface area contributed by atoms with Gasteiger partial charge in [0.2, 0.25) is 0 Å². The van der Waals surface area contributed by atoms with Crippen LogP contribution in [-0.4, -0.2) is 23.8 Å². The first-order valence-corrected chi connectivity index (χ1v) is 3.24. The standard InChI is InChI=1S/C6H11NO/c8-6-3-5(6)1-2-7-4-6/h5,7-8H,1-4H2/t5?,6-/m0/s1. The first-order chi connectivity index (χ1) is 3.81. The van der Waals surface area contributed by atoms with E-state index in [1.165, 1.54) is 6.42 Å². The second-order valence-electron chi connectivity index (χ2n) is 2.97. The van der Waals surface area contributed by atoms with Crippen LogP contribution in [0.25, 0.3) is 0 Å². The molecule has 0 amide bonds. The van der Waals surface area contributed by atoms with Gasteiger partial charge in [-0.1, -0.05) is 0 Å². The van der Waals surface area contributed by atoms with Gasteiger partial charge in [0.05, 0.1) is 5.60 Å². The molecule has 0 radical (unpaired) electrons. The van der Waals surface area contributed by atoms with Gasteiger partial charge in [-0.2, -0.15) is 0 Å². The Labute approximate surface area is 48.9 Å². The van der Waals surface area contributed by atoms with E-state index in [2.05, 4.69) is 5.32 Å². The fraction of sp³-hybridized carbons (Fsp3) is 1.00. The molecule has 0 bridgehead atoms. The number of hydrogen-bond donors (Lipinski definition) is 2. The van der Waals surface area contributed by atoms with Crippen LogP contribution in [0, 0.1) is 5.92 Å². The second kappa shape index (κ2) is 1.25. The van der Waals surface area contributed by atoms with E-state index in [4.69, 9.17) is 0 Å². The van der Waals surface area contributed by atoms with Crippen molar-refractivity contribution < 1.29 is 5.11 Å². The molecule has 0 aromatic rings. The van der Waals surface area contributed by atoms with Crippen LogP contribution >= 0.6 is 0 Å². The normalized spacial score (nSPS) is 52.9. The highest BCUT2D eigenvalue weighted by atomic mass is 16.3. The van der Waals surface area contributed by atoms with Gasteiger partial charge in [0.15, 0.2) is 0 Å². The van der Waals surface area contributed by atoms with Gasteiger partial charge in [0, 0.05) is 6.54 Å². The molecular formula is C6H11NO. The van der Waals surface area contributed by atoms with Crippen LogP contribution in [0.1, 0.15) is 12.8 Å². The van der Waals surface area contributed by atoms with Crippen molar-refractivity contribution in [1.29, 1.82) is 0 Å². The summed E-state index contributed by atoms with van der Waals surface area (Å²) < 4.78 is 0. The van der Waals surface area contributed by atoms with Gasteiger partial charge in [-0.3, -0.25) is 0 Å². The molecule has 0 aromatic carbocycles. The number of β-amino-alcohol motifs (C(OH)–C–C–N with tert-alkyl or cyclic N) is 1. The van der Waals surface area contributed by atoms with Gasteiger partial charge < -0.3 is 10.4 Å². The Hall–Kier alpha value is -0.0800. The topological polar surface area (TPSA) is 32.3 Å². The van der Waals surface area contributed by atoms with Crippen molar-refractivity contribution in [3.8, 4) is 0 Å². The van der Waals surface area contributed by atoms with E-state index in [-0.39, 0.29) is 5.60 Å². The van der Waals surface area contributed by atoms with Gasteiger partial charge in [-0.15, -0.1) is 0 Å². The lowest BCUT2D eigenvalue weighted by Gasteiger charge is -2.16. The van der Waals surface area contributed by atoms with E-state index in [1.54, 1.807) is 0 Å². The van der Waals surface area contributed by atoms with Crippen molar-refractivity contribution in [3.63, 3.8) is 0 Å². The minimum absolute atomic E-state index is 0.266. The van der Waals surface area contributed by atoms with E-state index >= 15 is 0 Å². The van der Waals surface area contributed by atoms with Gasteiger partial charge in [0.25, 0.3) is 0 Å². The quantitative estimate of drug-likeness (QED) is 0.453. The second-order valence-corrected chi connectivity index (χ2v) is 2.97. The third-order valence-corrected chi connectivity index (χ3v) is 2.30. The molecular weight excluding hydrogens is 102 g/mol. The summed E-state index contributed by atoms with van der Waals surface area (Å²) in [4.78, 5) is 0. The molecule has 1 aliphatic heterocycles. The average molecular weight is 113 g/mol. The first-order valence-electron chi connectivity index (χ1n) is 3.24. The monoisotopic (exact) mass is 113 g/mol. The van der Waals surface area contributed by atoms with Crippen molar-refractivity contribution in [2.24, 2.45) is 5.92 Å². The zero-order chi connectivity index (χ0) is 5.61. The molecule has 1 unspecified atom stereocenters. The number of aliphatic hydroxyl groups is 1. The molecule has 0 aromatic heterocycles. The molecule has 1 heterocycles. The van der Waals surface area contributed by atoms with Crippen LogP contribution in [0.3, 0.4) is 0 Å². The first kappa shape index (κ1) is 4.77. The SMILES string of the molecule is O[C@@]12CNCCC1C2. The Morgan fingerprint density at radius 2 is 2.50 bits per heavy atom. The molecule has 46 valence electrons. The van der Waals surface area contributed by atoms with Crippen LogP contribution < -0.4 is 5.32 Å². The smallest absolute Gasteiger partial charge is 0.0804 e. The highest BCUT2D eigenvalue weighted by Crippen LogP contribution is 2.46. The number of piperidine rings is 1. The van der Waals surface area contributed by atoms with E-state index < -0.39 is 0 Å². The zero-order valence-corrected chi connectivity index (χ0v) is 4.85. The predicted octanol–water partition coefficient (Wildman–Crippen LogP) is -0.269. The summed E-state index contributed by atoms with van der Waals surface area (Å²) in [5.41, 5.74) is -0.266. The summed E-state index contributed by atoms with van der Waals surface area (Å²) in [5, 5.41) is 12.6. The van der Waals surface area contributed by atoms with E-state index in [0.29, 0.717) is 5.92 Å². The van der Waals surface area contributed by atoms with Crippen LogP contribution in [0.4, 0.5) is 0 Å². The minimum atomic E-state index is -0.266. The van der Waals surface area contributed by atoms with Crippen molar-refractivity contribution in [3.05, 3.63) is 0 Å². The zero-order valence-electron chi connectivity index (χ0n) is 4.85. The lowest BCUT2D eigenvalue weighted by molar-refractivity contribution is 0.114. The molecule has 8 heavy (non-hydrogen) atoms. The lowest BCUT2D eigenvalue weighted by atomic mass is 10.1. The summed E-state index contributed by atoms with van der Waals surface area (Å²) in [6, 6.07) is 0. The summed E-state index contributed by atoms with van der Waals surface area (Å²) in [7, 11) is 0. The van der Waals surface area contributed by atoms with E-state index in [9.17, 15) is 5.11 Å². The number of hydrogen-bond acceptors (Lipinski definition) is 2. The fourth-order valence-corrected chi connectivity index (χ4v) is 1.54. The molecule has 1 aliphatic carbocycles. The molecule has 2 nitrogen and oxygen atoms in total. The number of nitrogens with one attached hydrogen (secondary N) is 1. The summed E-state index contributed by atoms with van der Waals surface area (Å²) in [5.74, 6) is 0.642. The Balaban J connectivity index is 2.04. The predicted molar refractivity (Wildman–Crippen MR) is 30.5 cm³/mol. The molecule has 1 saturated heterocycles. The van der Waals surface area contributed by atoms with Crippen LogP contribution in [0.5, 0.6) is 0 Å². The highest BCUT2D eigenvalue weighted by molar-refractivity contribution is 5.07. The van der Waals surface area contributed by atoms with Crippen molar-refractivity contribution in [2.45, 2.75) is 18.4 Å². The third kappa shape index (κ3) is 0.501. The molecule has 2 aliphatic rings. The largest absolute Gasteiger partial charge is 0.388 e. The molecule has 2 heteroatoms. The van der Waals surface area contributed by atoms with Crippen molar-refractivity contribution in [2.75, 3.05) is 13.1 Å². The molecule has 2 fully saturated rings. The molecule has 0 spiro atoms. The van der Waals surface area contributed by atoms with E-state index in [0.717, 1.165) is 19.5 Å². The Morgan fingerprint density at radius 1 is 1.62 bits per heavy atom. The maximum Gasteiger partial charge on any atom is 0.0804 e. The van der Waals surface area contributed by atoms with Gasteiger partial charge in [-0.25, -0.2) is 0 Å². The molecule has 2 atom stereocenters. The summed E-state index contributed by atoms with van der Waals surface area (Å²) in [6.07, 6.45) is 2.22. The van der Waals surface area contributed by atoms with Gasteiger partial charge in [-0.05, 0) is 25.3 Å². The van der Waals surface area contributed by atoms with Crippen molar-refractivity contribution in [1.82, 2.24) is 5.32 Å². The van der Waals surface area contributed by atoms with E-state index in [1.807, 2.05) is 0 Å². The number of fused-ring (bicyclic) bond motifs is 1.